The topological polar surface area (TPSA) is 41.6 Å². The molecule has 0 unspecified atom stereocenters. The van der Waals surface area contributed by atoms with Gasteiger partial charge in [0.05, 0.1) is 16.7 Å². The lowest BCUT2D eigenvalue weighted by Gasteiger charge is -2.09. The highest BCUT2D eigenvalue weighted by molar-refractivity contribution is 7.99. The van der Waals surface area contributed by atoms with Crippen molar-refractivity contribution in [2.24, 2.45) is 0 Å². The van der Waals surface area contributed by atoms with Crippen LogP contribution in [0, 0.1) is 18.6 Å². The van der Waals surface area contributed by atoms with Crippen LogP contribution in [0.4, 0.5) is 8.78 Å². The number of thioether (sulfide) groups is 2. The molecule has 0 fully saturated rings. The third-order valence-corrected chi connectivity index (χ3v) is 6.04. The van der Waals surface area contributed by atoms with E-state index < -0.39 is 11.6 Å². The molecule has 0 aliphatic rings. The Morgan fingerprint density at radius 2 is 1.89 bits per heavy atom. The Kier molecular flexibility index (Phi) is 10.2. The molecule has 0 saturated carbocycles. The lowest BCUT2D eigenvalue weighted by Crippen LogP contribution is -1.95. The van der Waals surface area contributed by atoms with E-state index in [1.165, 1.54) is 16.7 Å². The second-order valence-electron chi connectivity index (χ2n) is 5.39. The van der Waals surface area contributed by atoms with E-state index in [9.17, 15) is 8.78 Å². The van der Waals surface area contributed by atoms with Crippen molar-refractivity contribution in [3.05, 3.63) is 47.3 Å². The van der Waals surface area contributed by atoms with Gasteiger partial charge >= 0.3 is 0 Å². The van der Waals surface area contributed by atoms with Crippen LogP contribution in [0.1, 0.15) is 17.7 Å². The molecule has 148 valence electrons. The van der Waals surface area contributed by atoms with Crippen LogP contribution in [0.25, 0.3) is 11.0 Å². The summed E-state index contributed by atoms with van der Waals surface area (Å²) in [6, 6.07) is 4.23. The molecular weight excluding hydrogens is 455 g/mol. The molecule has 0 aliphatic carbocycles. The minimum atomic E-state index is -0.894. The second-order valence-corrected chi connectivity index (χ2v) is 7.86. The standard InChI is InChI=1S/C17H16ClF2N3S2.2ClH/c1-10-15(21-5-3-16(10)24-6-2-4-18)9-25-17-22-13-7-11(19)12(20)8-14(13)23-17;;/h3,5,7-8H,2,4,6,9H2,1H3,(H,22,23);2*1H. The Hall–Kier alpha value is -0.730. The fraction of sp³-hybridized carbons (Fsp3) is 0.294. The molecule has 10 heteroatoms. The average molecular weight is 473 g/mol. The number of hydrogen-bond donors (Lipinski definition) is 1. The van der Waals surface area contributed by atoms with Gasteiger partial charge in [-0.2, -0.15) is 0 Å². The van der Waals surface area contributed by atoms with Gasteiger partial charge in [0.2, 0.25) is 0 Å². The molecule has 0 aliphatic heterocycles. The van der Waals surface area contributed by atoms with Crippen LogP contribution < -0.4 is 0 Å². The highest BCUT2D eigenvalue weighted by Crippen LogP contribution is 2.29. The minimum Gasteiger partial charge on any atom is -0.333 e. The number of nitrogens with one attached hydrogen (secondary N) is 1. The van der Waals surface area contributed by atoms with Crippen LogP contribution in [-0.4, -0.2) is 26.6 Å². The summed E-state index contributed by atoms with van der Waals surface area (Å²) in [5.41, 5.74) is 3.01. The fourth-order valence-corrected chi connectivity index (χ4v) is 4.49. The monoisotopic (exact) mass is 471 g/mol. The van der Waals surface area contributed by atoms with Gasteiger partial charge < -0.3 is 4.98 Å². The van der Waals surface area contributed by atoms with Gasteiger partial charge in [0, 0.05) is 34.9 Å². The van der Waals surface area contributed by atoms with E-state index >= 15 is 0 Å². The van der Waals surface area contributed by atoms with Crippen LogP contribution in [0.3, 0.4) is 0 Å². The third kappa shape index (κ3) is 6.12. The summed E-state index contributed by atoms with van der Waals surface area (Å²) in [4.78, 5) is 12.9. The van der Waals surface area contributed by atoms with Crippen LogP contribution in [0.5, 0.6) is 0 Å². The average Bonchev–Trinajstić information content (AvgIpc) is 2.97. The largest absolute Gasteiger partial charge is 0.333 e. The molecule has 2 heterocycles. The molecule has 0 atom stereocenters. The zero-order chi connectivity index (χ0) is 17.8. The normalized spacial score (nSPS) is 10.5. The highest BCUT2D eigenvalue weighted by atomic mass is 35.5. The van der Waals surface area contributed by atoms with E-state index in [0.717, 1.165) is 35.6 Å². The maximum Gasteiger partial charge on any atom is 0.166 e. The summed E-state index contributed by atoms with van der Waals surface area (Å²) in [7, 11) is 0. The molecule has 3 aromatic rings. The molecule has 3 nitrogen and oxygen atoms in total. The van der Waals surface area contributed by atoms with Gasteiger partial charge in [-0.05, 0) is 30.7 Å². The minimum absolute atomic E-state index is 0. The van der Waals surface area contributed by atoms with E-state index in [-0.39, 0.29) is 24.8 Å². The smallest absolute Gasteiger partial charge is 0.166 e. The predicted molar refractivity (Wildman–Crippen MR) is 115 cm³/mol. The Morgan fingerprint density at radius 1 is 1.15 bits per heavy atom. The predicted octanol–water partition coefficient (Wildman–Crippen LogP) is 6.40. The Bertz CT molecular complexity index is 854. The van der Waals surface area contributed by atoms with Crippen molar-refractivity contribution >= 4 is 71.0 Å². The molecule has 1 N–H and O–H groups in total. The molecule has 3 rings (SSSR count). The fourth-order valence-electron chi connectivity index (χ4n) is 2.28. The van der Waals surface area contributed by atoms with Gasteiger partial charge in [-0.1, -0.05) is 11.8 Å². The number of H-pyrrole nitrogens is 1. The Morgan fingerprint density at radius 3 is 2.63 bits per heavy atom. The van der Waals surface area contributed by atoms with E-state index in [4.69, 9.17) is 11.6 Å². The third-order valence-electron chi connectivity index (χ3n) is 3.64. The first-order chi connectivity index (χ1) is 12.1. The number of alkyl halides is 1. The summed E-state index contributed by atoms with van der Waals surface area (Å²) < 4.78 is 26.6. The van der Waals surface area contributed by atoms with E-state index in [0.29, 0.717) is 27.8 Å². The molecule has 0 saturated heterocycles. The molecule has 0 amide bonds. The molecular formula is C17H18Cl3F2N3S2. The van der Waals surface area contributed by atoms with Crippen LogP contribution >= 0.6 is 59.9 Å². The number of fused-ring (bicyclic) bond motifs is 1. The number of aromatic nitrogens is 3. The zero-order valence-electron chi connectivity index (χ0n) is 14.3. The van der Waals surface area contributed by atoms with Gasteiger partial charge in [-0.25, -0.2) is 13.8 Å². The zero-order valence-corrected chi connectivity index (χ0v) is 18.3. The summed E-state index contributed by atoms with van der Waals surface area (Å²) in [6.45, 7) is 2.05. The molecule has 1 aromatic carbocycles. The van der Waals surface area contributed by atoms with Crippen LogP contribution in [-0.2, 0) is 5.75 Å². The highest BCUT2D eigenvalue weighted by Gasteiger charge is 2.11. The maximum absolute atomic E-state index is 13.3. The maximum atomic E-state index is 13.3. The first-order valence-electron chi connectivity index (χ1n) is 7.69. The van der Waals surface area contributed by atoms with Gasteiger partial charge in [0.25, 0.3) is 0 Å². The van der Waals surface area contributed by atoms with Crippen molar-refractivity contribution < 1.29 is 8.78 Å². The lowest BCUT2D eigenvalue weighted by molar-refractivity contribution is 0.510. The van der Waals surface area contributed by atoms with Crippen LogP contribution in [0.15, 0.2) is 34.4 Å². The number of aromatic amines is 1. The number of nitrogens with zero attached hydrogens (tertiary/aromatic N) is 2. The van der Waals surface area contributed by atoms with E-state index in [1.54, 1.807) is 18.0 Å². The van der Waals surface area contributed by atoms with Gasteiger partial charge in [0.15, 0.2) is 16.8 Å². The first kappa shape index (κ1) is 24.3. The lowest BCUT2D eigenvalue weighted by atomic mass is 10.2. The second kappa shape index (κ2) is 11.3. The van der Waals surface area contributed by atoms with Crippen molar-refractivity contribution in [3.63, 3.8) is 0 Å². The summed E-state index contributed by atoms with van der Waals surface area (Å²) >= 11 is 8.95. The van der Waals surface area contributed by atoms with Crippen molar-refractivity contribution in [3.8, 4) is 0 Å². The number of hydrogen-bond acceptors (Lipinski definition) is 4. The van der Waals surface area contributed by atoms with E-state index in [1.807, 2.05) is 6.07 Å². The van der Waals surface area contributed by atoms with Crippen molar-refractivity contribution in [2.75, 3.05) is 11.6 Å². The Labute approximate surface area is 182 Å². The Balaban J connectivity index is 0.00000182. The van der Waals surface area contributed by atoms with Gasteiger partial charge in [-0.15, -0.1) is 48.2 Å². The number of halogens is 5. The van der Waals surface area contributed by atoms with Gasteiger partial charge in [-0.3, -0.25) is 4.98 Å². The first-order valence-corrected chi connectivity index (χ1v) is 10.2. The number of pyridine rings is 1. The summed E-state index contributed by atoms with van der Waals surface area (Å²) in [5, 5.41) is 0.612. The number of rotatable bonds is 7. The van der Waals surface area contributed by atoms with Gasteiger partial charge in [0.1, 0.15) is 0 Å². The van der Waals surface area contributed by atoms with Crippen LogP contribution in [0.2, 0.25) is 0 Å². The number of benzene rings is 1. The summed E-state index contributed by atoms with van der Waals surface area (Å²) in [6.07, 6.45) is 2.76. The SMILES string of the molecule is Cc1c(SCCCCl)ccnc1CSc1nc2cc(F)c(F)cc2[nH]1.Cl.Cl. The molecule has 0 bridgehead atoms. The van der Waals surface area contributed by atoms with E-state index in [2.05, 4.69) is 21.9 Å². The number of imidazole rings is 1. The molecule has 2 aromatic heterocycles. The quantitative estimate of drug-likeness (QED) is 0.245. The molecule has 27 heavy (non-hydrogen) atoms. The summed E-state index contributed by atoms with van der Waals surface area (Å²) in [5.74, 6) is 0.483. The molecule has 0 spiro atoms. The molecule has 0 radical (unpaired) electrons. The van der Waals surface area contributed by atoms with Crippen molar-refractivity contribution in [2.45, 2.75) is 29.1 Å². The van der Waals surface area contributed by atoms with Crippen molar-refractivity contribution in [1.29, 1.82) is 0 Å². The van der Waals surface area contributed by atoms with Crippen molar-refractivity contribution in [1.82, 2.24) is 15.0 Å².